The molecule has 206 valence electrons. The molecule has 10 heteroatoms. The Balaban J connectivity index is 1.37. The van der Waals surface area contributed by atoms with Gasteiger partial charge in [-0.1, -0.05) is 6.08 Å². The number of hydrogen-bond acceptors (Lipinski definition) is 9. The quantitative estimate of drug-likeness (QED) is 0.347. The molecule has 2 aromatic rings. The summed E-state index contributed by atoms with van der Waals surface area (Å²) < 4.78 is 0. The topological polar surface area (TPSA) is 117 Å². The second-order valence-corrected chi connectivity index (χ2v) is 10.8. The first-order valence-electron chi connectivity index (χ1n) is 13.4. The minimum absolute atomic E-state index is 0.273. The third-order valence-corrected chi connectivity index (χ3v) is 7.68. The molecule has 2 atom stereocenters. The van der Waals surface area contributed by atoms with Crippen molar-refractivity contribution in [2.45, 2.75) is 38.0 Å². The zero-order chi connectivity index (χ0) is 27.6. The number of fused-ring (bicyclic) bond motifs is 1. The molecule has 3 aliphatic rings. The van der Waals surface area contributed by atoms with Gasteiger partial charge in [-0.05, 0) is 75.2 Å². The molecule has 1 aliphatic carbocycles. The number of aromatic nitrogens is 1. The van der Waals surface area contributed by atoms with E-state index in [-0.39, 0.29) is 5.91 Å². The van der Waals surface area contributed by atoms with Crippen LogP contribution in [0.5, 0.6) is 0 Å². The highest BCUT2D eigenvalue weighted by Gasteiger charge is 2.38. The number of pyridine rings is 1. The van der Waals surface area contributed by atoms with Crippen molar-refractivity contribution in [3.8, 4) is 0 Å². The summed E-state index contributed by atoms with van der Waals surface area (Å²) in [5.74, 6) is 0.748. The minimum atomic E-state index is -1.13. The van der Waals surface area contributed by atoms with Gasteiger partial charge in [0.25, 0.3) is 5.91 Å². The van der Waals surface area contributed by atoms with Crippen LogP contribution in [-0.2, 0) is 16.8 Å². The number of nitrogens with zero attached hydrogens (tertiary/aromatic N) is 4. The van der Waals surface area contributed by atoms with Gasteiger partial charge in [0, 0.05) is 56.5 Å². The number of guanidine groups is 1. The van der Waals surface area contributed by atoms with E-state index in [9.17, 15) is 9.90 Å². The number of hydrogen-bond donors (Lipinski definition) is 5. The maximum Gasteiger partial charge on any atom is 0.253 e. The van der Waals surface area contributed by atoms with Gasteiger partial charge in [-0.15, -0.1) is 6.58 Å². The fraction of sp³-hybridized carbons (Fsp3) is 0.414. The van der Waals surface area contributed by atoms with Gasteiger partial charge in [0.15, 0.2) is 5.66 Å². The normalized spacial score (nSPS) is 24.7. The molecule has 1 amide bonds. The second-order valence-electron chi connectivity index (χ2n) is 10.8. The summed E-state index contributed by atoms with van der Waals surface area (Å²) in [5, 5.41) is 23.5. The summed E-state index contributed by atoms with van der Waals surface area (Å²) in [7, 11) is 2.15. The molecule has 0 radical (unpaired) electrons. The molecular weight excluding hydrogens is 492 g/mol. The lowest BCUT2D eigenvalue weighted by molar-refractivity contribution is -0.117. The summed E-state index contributed by atoms with van der Waals surface area (Å²) in [4.78, 5) is 27.2. The van der Waals surface area contributed by atoms with Gasteiger partial charge >= 0.3 is 0 Å². The number of carbonyl (C=O) groups is 1. The molecule has 0 saturated carbocycles. The van der Waals surface area contributed by atoms with Crippen LogP contribution in [-0.4, -0.2) is 72.3 Å². The molecule has 10 nitrogen and oxygen atoms in total. The zero-order valence-electron chi connectivity index (χ0n) is 22.9. The Morgan fingerprint density at radius 1 is 1.21 bits per heavy atom. The molecule has 3 heterocycles. The molecule has 1 unspecified atom stereocenters. The number of carbonyl (C=O) groups excluding carboxylic acids is 1. The first-order valence-corrected chi connectivity index (χ1v) is 13.4. The molecule has 0 spiro atoms. The molecule has 39 heavy (non-hydrogen) atoms. The Kier molecular flexibility index (Phi) is 7.33. The van der Waals surface area contributed by atoms with Crippen molar-refractivity contribution in [1.29, 1.82) is 0 Å². The standard InChI is InChI=1S/C29H38N8O2/c1-5-12-30-26(38)24-19-32-27(33-21-6-8-22(9-7-21)37-15-13-36(4)14-16-37)35-29(24,3)34-25-17-23-20(18-31-25)10-11-28(23,2)39/h5-9,17-19,39H,1,10-16H2,2-4H3,(H,30,38)(H,31,34)(H2,32,33,35)/t28-,29?/m0/s1. The number of nitrogens with one attached hydrogen (secondary N) is 4. The molecule has 2 aliphatic heterocycles. The van der Waals surface area contributed by atoms with E-state index in [2.05, 4.69) is 61.8 Å². The first kappa shape index (κ1) is 26.7. The number of aliphatic hydroxyl groups is 1. The zero-order valence-corrected chi connectivity index (χ0v) is 22.9. The van der Waals surface area contributed by atoms with Crippen molar-refractivity contribution in [1.82, 2.24) is 20.5 Å². The van der Waals surface area contributed by atoms with Gasteiger partial charge in [-0.25, -0.2) is 9.98 Å². The van der Waals surface area contributed by atoms with E-state index < -0.39 is 11.3 Å². The van der Waals surface area contributed by atoms with Crippen LogP contribution in [0, 0.1) is 0 Å². The van der Waals surface area contributed by atoms with Crippen molar-refractivity contribution in [3.05, 3.63) is 72.1 Å². The third kappa shape index (κ3) is 5.76. The van der Waals surface area contributed by atoms with Crippen LogP contribution in [0.4, 0.5) is 17.2 Å². The van der Waals surface area contributed by atoms with Crippen LogP contribution in [0.15, 0.2) is 65.9 Å². The monoisotopic (exact) mass is 530 g/mol. The Labute approximate surface area is 229 Å². The van der Waals surface area contributed by atoms with E-state index >= 15 is 0 Å². The van der Waals surface area contributed by atoms with Crippen LogP contribution in [0.1, 0.15) is 31.4 Å². The summed E-state index contributed by atoms with van der Waals surface area (Å²) in [6.07, 6.45) is 6.51. The Morgan fingerprint density at radius 2 is 1.95 bits per heavy atom. The van der Waals surface area contributed by atoms with Gasteiger partial charge in [-0.3, -0.25) is 4.79 Å². The van der Waals surface area contributed by atoms with Crippen molar-refractivity contribution in [2.75, 3.05) is 55.3 Å². The van der Waals surface area contributed by atoms with Gasteiger partial charge < -0.3 is 36.2 Å². The number of benzene rings is 1. The van der Waals surface area contributed by atoms with Crippen LogP contribution < -0.4 is 26.2 Å². The fourth-order valence-electron chi connectivity index (χ4n) is 5.27. The fourth-order valence-corrected chi connectivity index (χ4v) is 5.27. The Hall–Kier alpha value is -3.89. The van der Waals surface area contributed by atoms with E-state index in [0.717, 1.165) is 49.4 Å². The Morgan fingerprint density at radius 3 is 2.67 bits per heavy atom. The van der Waals surface area contributed by atoms with Gasteiger partial charge in [0.1, 0.15) is 5.82 Å². The highest BCUT2D eigenvalue weighted by Crippen LogP contribution is 2.38. The summed E-state index contributed by atoms with van der Waals surface area (Å²) in [6.45, 7) is 11.8. The predicted octanol–water partition coefficient (Wildman–Crippen LogP) is 2.37. The molecule has 5 N–H and O–H groups in total. The molecule has 5 rings (SSSR count). The largest absolute Gasteiger partial charge is 0.385 e. The average Bonchev–Trinajstić information content (AvgIpc) is 3.22. The lowest BCUT2D eigenvalue weighted by Crippen LogP contribution is -2.49. The number of aryl methyl sites for hydroxylation is 1. The third-order valence-electron chi connectivity index (χ3n) is 7.68. The van der Waals surface area contributed by atoms with Crippen LogP contribution in [0.25, 0.3) is 0 Å². The minimum Gasteiger partial charge on any atom is -0.385 e. The molecule has 1 aromatic carbocycles. The second kappa shape index (κ2) is 10.7. The van der Waals surface area contributed by atoms with E-state index in [4.69, 9.17) is 4.99 Å². The van der Waals surface area contributed by atoms with E-state index in [1.54, 1.807) is 18.5 Å². The first-order chi connectivity index (χ1) is 18.7. The summed E-state index contributed by atoms with van der Waals surface area (Å²) in [5.41, 5.74) is 2.31. The lowest BCUT2D eigenvalue weighted by Gasteiger charge is -2.34. The molecule has 1 saturated heterocycles. The van der Waals surface area contributed by atoms with Crippen molar-refractivity contribution in [3.63, 3.8) is 0 Å². The number of rotatable bonds is 7. The lowest BCUT2D eigenvalue weighted by atomic mass is 9.98. The highest BCUT2D eigenvalue weighted by atomic mass is 16.3. The number of aliphatic imine (C=N–C) groups is 1. The maximum atomic E-state index is 13.1. The summed E-state index contributed by atoms with van der Waals surface area (Å²) in [6, 6.07) is 10.1. The number of piperazine rings is 1. The Bertz CT molecular complexity index is 1290. The van der Waals surface area contributed by atoms with E-state index in [0.29, 0.717) is 30.3 Å². The number of amides is 1. The van der Waals surface area contributed by atoms with Crippen molar-refractivity contribution >= 4 is 29.1 Å². The van der Waals surface area contributed by atoms with Crippen LogP contribution in [0.3, 0.4) is 0 Å². The van der Waals surface area contributed by atoms with Crippen LogP contribution >= 0.6 is 0 Å². The SMILES string of the molecule is C=CCNC(=O)C1=CNC(Nc2ccc(N3CCN(C)CC3)cc2)=NC1(C)Nc1cc2c(cn1)CC[C@]2(C)O. The average molecular weight is 531 g/mol. The van der Waals surface area contributed by atoms with E-state index in [1.807, 2.05) is 32.0 Å². The molecule has 1 fully saturated rings. The van der Waals surface area contributed by atoms with E-state index in [1.165, 1.54) is 5.69 Å². The van der Waals surface area contributed by atoms with Crippen molar-refractivity contribution < 1.29 is 9.90 Å². The number of likely N-dealkylation sites (N-methyl/N-ethyl adjacent to an activating group) is 1. The number of anilines is 3. The van der Waals surface area contributed by atoms with Crippen LogP contribution in [0.2, 0.25) is 0 Å². The highest BCUT2D eigenvalue weighted by molar-refractivity contribution is 6.02. The predicted molar refractivity (Wildman–Crippen MR) is 156 cm³/mol. The smallest absolute Gasteiger partial charge is 0.253 e. The van der Waals surface area contributed by atoms with Gasteiger partial charge in [0.05, 0.1) is 11.2 Å². The van der Waals surface area contributed by atoms with Crippen molar-refractivity contribution in [2.24, 2.45) is 4.99 Å². The molecular formula is C29H38N8O2. The van der Waals surface area contributed by atoms with Gasteiger partial charge in [-0.2, -0.15) is 0 Å². The van der Waals surface area contributed by atoms with Gasteiger partial charge in [0.2, 0.25) is 5.96 Å². The maximum absolute atomic E-state index is 13.1. The summed E-state index contributed by atoms with van der Waals surface area (Å²) >= 11 is 0. The molecule has 1 aromatic heterocycles. The molecule has 0 bridgehead atoms.